The number of nitriles is 1. The number of nitrogens with zero attached hydrogens (tertiary/aromatic N) is 3. The third-order valence-electron chi connectivity index (χ3n) is 4.84. The first-order valence-corrected chi connectivity index (χ1v) is 8.30. The molecule has 120 valence electrons. The summed E-state index contributed by atoms with van der Waals surface area (Å²) in [6.07, 6.45) is 7.36. The molecule has 0 atom stereocenters. The molecule has 1 aliphatic rings. The number of benzene rings is 1. The molecule has 2 aromatic heterocycles. The van der Waals surface area contributed by atoms with Gasteiger partial charge in [0.15, 0.2) is 5.65 Å². The normalized spacial score (nSPS) is 15.3. The number of nitrogens with two attached hydrogens (primary N) is 1. The van der Waals surface area contributed by atoms with Crippen molar-refractivity contribution in [2.75, 3.05) is 6.54 Å². The van der Waals surface area contributed by atoms with Crippen molar-refractivity contribution in [3.63, 3.8) is 0 Å². The molecule has 1 aliphatic carbocycles. The van der Waals surface area contributed by atoms with Crippen molar-refractivity contribution in [2.24, 2.45) is 5.73 Å². The highest BCUT2D eigenvalue weighted by molar-refractivity contribution is 5.92. The summed E-state index contributed by atoms with van der Waals surface area (Å²) >= 11 is 0. The molecule has 4 rings (SSSR count). The van der Waals surface area contributed by atoms with Crippen LogP contribution in [0.4, 0.5) is 0 Å². The molecular formula is C19H19N5. The van der Waals surface area contributed by atoms with Crippen molar-refractivity contribution in [3.8, 4) is 17.2 Å². The molecule has 1 saturated carbocycles. The van der Waals surface area contributed by atoms with E-state index in [1.807, 2.05) is 6.07 Å². The van der Waals surface area contributed by atoms with Gasteiger partial charge in [-0.15, -0.1) is 0 Å². The van der Waals surface area contributed by atoms with E-state index in [0.29, 0.717) is 6.54 Å². The average molecular weight is 317 g/mol. The Labute approximate surface area is 140 Å². The number of H-pyrrole nitrogens is 1. The van der Waals surface area contributed by atoms with Gasteiger partial charge in [0.05, 0.1) is 17.7 Å². The van der Waals surface area contributed by atoms with Gasteiger partial charge >= 0.3 is 0 Å². The number of nitrogens with one attached hydrogen (secondary N) is 1. The van der Waals surface area contributed by atoms with E-state index in [2.05, 4.69) is 39.4 Å². The highest BCUT2D eigenvalue weighted by atomic mass is 15.1. The summed E-state index contributed by atoms with van der Waals surface area (Å²) in [4.78, 5) is 4.31. The number of hydrogen-bond donors (Lipinski definition) is 2. The molecule has 3 aromatic rings. The second-order valence-corrected chi connectivity index (χ2v) is 6.50. The number of rotatable bonds is 5. The van der Waals surface area contributed by atoms with E-state index in [9.17, 15) is 5.26 Å². The Morgan fingerprint density at radius 3 is 2.92 bits per heavy atom. The fourth-order valence-electron chi connectivity index (χ4n) is 3.27. The van der Waals surface area contributed by atoms with Crippen LogP contribution in [-0.2, 0) is 11.8 Å². The summed E-state index contributed by atoms with van der Waals surface area (Å²) < 4.78 is 0. The molecule has 1 aromatic carbocycles. The van der Waals surface area contributed by atoms with Crippen molar-refractivity contribution in [1.82, 2.24) is 15.2 Å². The molecule has 24 heavy (non-hydrogen) atoms. The second-order valence-electron chi connectivity index (χ2n) is 6.50. The summed E-state index contributed by atoms with van der Waals surface area (Å²) in [5.74, 6) is 0. The van der Waals surface area contributed by atoms with E-state index in [1.165, 1.54) is 5.56 Å². The maximum absolute atomic E-state index is 9.58. The third kappa shape index (κ3) is 2.45. The van der Waals surface area contributed by atoms with Crippen LogP contribution in [0.5, 0.6) is 0 Å². The first kappa shape index (κ1) is 14.9. The number of aromatic amines is 1. The van der Waals surface area contributed by atoms with Gasteiger partial charge in [-0.05, 0) is 66.6 Å². The quantitative estimate of drug-likeness (QED) is 0.756. The molecular weight excluding hydrogens is 298 g/mol. The smallest absolute Gasteiger partial charge is 0.155 e. The SMILES string of the molecule is N#CC1(c2cc(CCCN)cc(-c3ccnc4[nH]ncc34)c2)CC1. The predicted molar refractivity (Wildman–Crippen MR) is 93.2 cm³/mol. The van der Waals surface area contributed by atoms with Gasteiger partial charge in [-0.3, -0.25) is 5.10 Å². The number of hydrogen-bond acceptors (Lipinski definition) is 4. The maximum Gasteiger partial charge on any atom is 0.155 e. The standard InChI is InChI=1S/C19H19N5/c20-6-1-2-13-8-14(10-15(9-13)19(12-21)4-5-19)16-3-7-22-18-17(16)11-23-24-18/h3,7-11H,1-2,4-6,20H2,(H,22,23,24). The Morgan fingerprint density at radius 1 is 1.29 bits per heavy atom. The van der Waals surface area contributed by atoms with Crippen LogP contribution in [0.25, 0.3) is 22.2 Å². The number of fused-ring (bicyclic) bond motifs is 1. The Bertz CT molecular complexity index is 930. The zero-order valence-corrected chi connectivity index (χ0v) is 13.4. The van der Waals surface area contributed by atoms with Crippen molar-refractivity contribution in [3.05, 3.63) is 47.8 Å². The van der Waals surface area contributed by atoms with Gasteiger partial charge in [-0.1, -0.05) is 12.1 Å². The maximum atomic E-state index is 9.58. The van der Waals surface area contributed by atoms with Gasteiger partial charge < -0.3 is 5.73 Å². The summed E-state index contributed by atoms with van der Waals surface area (Å²) in [5.41, 5.74) is 10.7. The van der Waals surface area contributed by atoms with Gasteiger partial charge in [-0.2, -0.15) is 10.4 Å². The lowest BCUT2D eigenvalue weighted by molar-refractivity contribution is 0.826. The number of aryl methyl sites for hydroxylation is 1. The minimum absolute atomic E-state index is 0.296. The van der Waals surface area contributed by atoms with Crippen molar-refractivity contribution in [1.29, 1.82) is 5.26 Å². The van der Waals surface area contributed by atoms with Gasteiger partial charge in [0.2, 0.25) is 0 Å². The highest BCUT2D eigenvalue weighted by Crippen LogP contribution is 2.48. The predicted octanol–water partition coefficient (Wildman–Crippen LogP) is 3.07. The van der Waals surface area contributed by atoms with Gasteiger partial charge in [0.25, 0.3) is 0 Å². The van der Waals surface area contributed by atoms with Crippen LogP contribution in [-0.4, -0.2) is 21.7 Å². The monoisotopic (exact) mass is 317 g/mol. The van der Waals surface area contributed by atoms with E-state index in [0.717, 1.165) is 53.4 Å². The minimum atomic E-state index is -0.296. The van der Waals surface area contributed by atoms with E-state index >= 15 is 0 Å². The van der Waals surface area contributed by atoms with Crippen molar-refractivity contribution >= 4 is 11.0 Å². The van der Waals surface area contributed by atoms with Crippen LogP contribution in [0.3, 0.4) is 0 Å². The molecule has 5 nitrogen and oxygen atoms in total. The summed E-state index contributed by atoms with van der Waals surface area (Å²) in [6.45, 7) is 0.671. The molecule has 0 aliphatic heterocycles. The number of pyridine rings is 1. The molecule has 3 N–H and O–H groups in total. The highest BCUT2D eigenvalue weighted by Gasteiger charge is 2.45. The van der Waals surface area contributed by atoms with Crippen LogP contribution < -0.4 is 5.73 Å². The van der Waals surface area contributed by atoms with Crippen LogP contribution in [0.1, 0.15) is 30.4 Å². The van der Waals surface area contributed by atoms with Crippen molar-refractivity contribution < 1.29 is 0 Å². The van der Waals surface area contributed by atoms with Crippen LogP contribution >= 0.6 is 0 Å². The Morgan fingerprint density at radius 2 is 2.17 bits per heavy atom. The molecule has 0 spiro atoms. The van der Waals surface area contributed by atoms with E-state index in [1.54, 1.807) is 12.4 Å². The zero-order chi connectivity index (χ0) is 16.6. The molecule has 0 saturated heterocycles. The third-order valence-corrected chi connectivity index (χ3v) is 4.84. The molecule has 0 amide bonds. The fraction of sp³-hybridized carbons (Fsp3) is 0.316. The topological polar surface area (TPSA) is 91.4 Å². The molecule has 0 unspecified atom stereocenters. The Kier molecular flexibility index (Phi) is 3.55. The largest absolute Gasteiger partial charge is 0.330 e. The summed E-state index contributed by atoms with van der Waals surface area (Å²) in [7, 11) is 0. The summed E-state index contributed by atoms with van der Waals surface area (Å²) in [5, 5.41) is 17.6. The lowest BCUT2D eigenvalue weighted by Gasteiger charge is -2.13. The molecule has 1 fully saturated rings. The van der Waals surface area contributed by atoms with E-state index < -0.39 is 0 Å². The molecule has 0 bridgehead atoms. The fourth-order valence-corrected chi connectivity index (χ4v) is 3.27. The lowest BCUT2D eigenvalue weighted by atomic mass is 9.90. The number of aromatic nitrogens is 3. The first-order valence-electron chi connectivity index (χ1n) is 8.30. The lowest BCUT2D eigenvalue weighted by Crippen LogP contribution is -2.05. The van der Waals surface area contributed by atoms with E-state index in [-0.39, 0.29) is 5.41 Å². The Hall–Kier alpha value is -2.71. The van der Waals surface area contributed by atoms with Crippen LogP contribution in [0.2, 0.25) is 0 Å². The summed E-state index contributed by atoms with van der Waals surface area (Å²) in [6, 6.07) is 11.1. The van der Waals surface area contributed by atoms with Gasteiger partial charge in [0, 0.05) is 11.6 Å². The average Bonchev–Trinajstić information content (AvgIpc) is 3.28. The van der Waals surface area contributed by atoms with Crippen LogP contribution in [0.15, 0.2) is 36.7 Å². The van der Waals surface area contributed by atoms with Gasteiger partial charge in [0.1, 0.15) is 0 Å². The van der Waals surface area contributed by atoms with E-state index in [4.69, 9.17) is 5.73 Å². The minimum Gasteiger partial charge on any atom is -0.330 e. The first-order chi connectivity index (χ1) is 11.8. The molecule has 0 radical (unpaired) electrons. The van der Waals surface area contributed by atoms with Crippen molar-refractivity contribution in [2.45, 2.75) is 31.1 Å². The van der Waals surface area contributed by atoms with Gasteiger partial charge in [-0.25, -0.2) is 4.98 Å². The molecule has 5 heteroatoms. The van der Waals surface area contributed by atoms with Crippen LogP contribution in [0, 0.1) is 11.3 Å². The second kappa shape index (κ2) is 5.73. The Balaban J connectivity index is 1.87. The molecule has 2 heterocycles. The zero-order valence-electron chi connectivity index (χ0n) is 13.4.